The van der Waals surface area contributed by atoms with Gasteiger partial charge in [0.15, 0.2) is 0 Å². The Morgan fingerprint density at radius 1 is 1.12 bits per heavy atom. The van der Waals surface area contributed by atoms with Crippen LogP contribution in [0.4, 0.5) is 17.6 Å². The number of benzene rings is 1. The largest absolute Gasteiger partial charge is 0.416 e. The summed E-state index contributed by atoms with van der Waals surface area (Å²) in [7, 11) is 0. The molecule has 0 aliphatic rings. The zero-order valence-corrected chi connectivity index (χ0v) is 8.73. The van der Waals surface area contributed by atoms with E-state index in [1.807, 2.05) is 0 Å². The van der Waals surface area contributed by atoms with E-state index >= 15 is 0 Å². The molecule has 1 rings (SSSR count). The quantitative estimate of drug-likeness (QED) is 0.634. The Balaban J connectivity index is 3.40. The normalized spacial score (nSPS) is 12.9. The molecular formula is C10H11F4NO. The molecule has 0 amide bonds. The van der Waals surface area contributed by atoms with E-state index in [4.69, 9.17) is 5.90 Å². The summed E-state index contributed by atoms with van der Waals surface area (Å²) in [6.07, 6.45) is -4.65. The Morgan fingerprint density at radius 3 is 2.12 bits per heavy atom. The van der Waals surface area contributed by atoms with E-state index < -0.39 is 23.2 Å². The van der Waals surface area contributed by atoms with Gasteiger partial charge in [-0.25, -0.2) is 10.3 Å². The van der Waals surface area contributed by atoms with Gasteiger partial charge in [-0.1, -0.05) is 6.07 Å². The Bertz CT molecular complexity index is 387. The van der Waals surface area contributed by atoms with E-state index in [9.17, 15) is 17.6 Å². The predicted molar refractivity (Wildman–Crippen MR) is 49.7 cm³/mol. The summed E-state index contributed by atoms with van der Waals surface area (Å²) in [4.78, 5) is 4.48. The van der Waals surface area contributed by atoms with Gasteiger partial charge in [0.1, 0.15) is 11.4 Å². The highest BCUT2D eigenvalue weighted by atomic mass is 19.4. The van der Waals surface area contributed by atoms with Crippen LogP contribution in [0.25, 0.3) is 0 Å². The predicted octanol–water partition coefficient (Wildman–Crippen LogP) is 2.97. The first-order valence-electron chi connectivity index (χ1n) is 4.43. The maximum atomic E-state index is 12.8. The lowest BCUT2D eigenvalue weighted by molar-refractivity contribution is -0.141. The van der Waals surface area contributed by atoms with Crippen LogP contribution in [0.3, 0.4) is 0 Å². The molecule has 2 nitrogen and oxygen atoms in total. The summed E-state index contributed by atoms with van der Waals surface area (Å²) in [5.41, 5.74) is -2.62. The van der Waals surface area contributed by atoms with Crippen molar-refractivity contribution in [2.75, 3.05) is 0 Å². The van der Waals surface area contributed by atoms with Crippen molar-refractivity contribution < 1.29 is 22.4 Å². The van der Waals surface area contributed by atoms with Crippen molar-refractivity contribution in [3.05, 3.63) is 35.1 Å². The number of hydrogen-bond donors (Lipinski definition) is 1. The van der Waals surface area contributed by atoms with Gasteiger partial charge in [0.05, 0.1) is 5.56 Å². The van der Waals surface area contributed by atoms with Gasteiger partial charge in [0, 0.05) is 0 Å². The minimum Gasteiger partial charge on any atom is -0.294 e. The number of hydrogen-bond acceptors (Lipinski definition) is 2. The first-order valence-corrected chi connectivity index (χ1v) is 4.43. The highest BCUT2D eigenvalue weighted by molar-refractivity contribution is 5.34. The van der Waals surface area contributed by atoms with Crippen molar-refractivity contribution in [1.82, 2.24) is 0 Å². The molecule has 0 saturated heterocycles. The lowest BCUT2D eigenvalue weighted by Crippen LogP contribution is -2.28. The van der Waals surface area contributed by atoms with Crippen molar-refractivity contribution >= 4 is 0 Å². The average molecular weight is 237 g/mol. The molecule has 1 aromatic carbocycles. The molecule has 0 bridgehead atoms. The third-order valence-electron chi connectivity index (χ3n) is 2.23. The Hall–Kier alpha value is -1.14. The molecule has 0 aromatic heterocycles. The van der Waals surface area contributed by atoms with Crippen LogP contribution in [0, 0.1) is 5.82 Å². The third kappa shape index (κ3) is 2.51. The average Bonchev–Trinajstić information content (AvgIpc) is 2.16. The molecule has 0 saturated carbocycles. The second kappa shape index (κ2) is 4.03. The van der Waals surface area contributed by atoms with Crippen LogP contribution < -0.4 is 5.90 Å². The SMILES string of the molecule is CC(C)(ON)c1ccc(F)cc1C(F)(F)F. The van der Waals surface area contributed by atoms with E-state index in [2.05, 4.69) is 4.84 Å². The standard InChI is InChI=1S/C10H11F4NO/c1-9(2,16-15)7-4-3-6(11)5-8(7)10(12,13)14/h3-5H,15H2,1-2H3. The summed E-state index contributed by atoms with van der Waals surface area (Å²) in [6, 6.07) is 2.38. The van der Waals surface area contributed by atoms with Crippen LogP contribution in [0.15, 0.2) is 18.2 Å². The van der Waals surface area contributed by atoms with Crippen molar-refractivity contribution in [2.45, 2.75) is 25.6 Å². The molecule has 2 N–H and O–H groups in total. The molecule has 1 aromatic rings. The van der Waals surface area contributed by atoms with Gasteiger partial charge in [-0.2, -0.15) is 13.2 Å². The van der Waals surface area contributed by atoms with Gasteiger partial charge in [-0.15, -0.1) is 0 Å². The van der Waals surface area contributed by atoms with E-state index in [-0.39, 0.29) is 5.56 Å². The van der Waals surface area contributed by atoms with Crippen LogP contribution in [0.5, 0.6) is 0 Å². The van der Waals surface area contributed by atoms with Gasteiger partial charge in [-0.3, -0.25) is 4.84 Å². The minimum atomic E-state index is -4.65. The van der Waals surface area contributed by atoms with Gasteiger partial charge in [0.2, 0.25) is 0 Å². The maximum absolute atomic E-state index is 12.8. The molecule has 0 fully saturated rings. The summed E-state index contributed by atoms with van der Waals surface area (Å²) in [5.74, 6) is 3.97. The lowest BCUT2D eigenvalue weighted by Gasteiger charge is -2.26. The summed E-state index contributed by atoms with van der Waals surface area (Å²) < 4.78 is 50.7. The second-order valence-electron chi connectivity index (χ2n) is 3.82. The minimum absolute atomic E-state index is 0.205. The number of halogens is 4. The lowest BCUT2D eigenvalue weighted by atomic mass is 9.92. The molecule has 6 heteroatoms. The first-order chi connectivity index (χ1) is 7.18. The molecule has 0 aliphatic heterocycles. The fourth-order valence-corrected chi connectivity index (χ4v) is 1.34. The van der Waals surface area contributed by atoms with Gasteiger partial charge < -0.3 is 0 Å². The van der Waals surface area contributed by atoms with E-state index in [0.29, 0.717) is 6.07 Å². The highest BCUT2D eigenvalue weighted by Crippen LogP contribution is 2.37. The van der Waals surface area contributed by atoms with E-state index in [1.165, 1.54) is 13.8 Å². The summed E-state index contributed by atoms with van der Waals surface area (Å²) in [5, 5.41) is 0. The fourth-order valence-electron chi connectivity index (χ4n) is 1.34. The van der Waals surface area contributed by atoms with E-state index in [0.717, 1.165) is 12.1 Å². The van der Waals surface area contributed by atoms with E-state index in [1.54, 1.807) is 0 Å². The molecule has 0 aliphatic carbocycles. The zero-order chi connectivity index (χ0) is 12.6. The summed E-state index contributed by atoms with van der Waals surface area (Å²) in [6.45, 7) is 2.74. The Kier molecular flexibility index (Phi) is 3.25. The third-order valence-corrected chi connectivity index (χ3v) is 2.23. The molecule has 0 spiro atoms. The molecule has 0 atom stereocenters. The number of alkyl halides is 3. The topological polar surface area (TPSA) is 35.2 Å². The van der Waals surface area contributed by atoms with Crippen LogP contribution in [-0.2, 0) is 16.6 Å². The van der Waals surface area contributed by atoms with Gasteiger partial charge in [0.25, 0.3) is 0 Å². The maximum Gasteiger partial charge on any atom is 0.416 e. The van der Waals surface area contributed by atoms with Crippen molar-refractivity contribution in [3.63, 3.8) is 0 Å². The van der Waals surface area contributed by atoms with Crippen molar-refractivity contribution in [1.29, 1.82) is 0 Å². The van der Waals surface area contributed by atoms with Gasteiger partial charge >= 0.3 is 6.18 Å². The van der Waals surface area contributed by atoms with Crippen LogP contribution in [0.1, 0.15) is 25.0 Å². The van der Waals surface area contributed by atoms with Crippen LogP contribution in [0.2, 0.25) is 0 Å². The number of rotatable bonds is 2. The van der Waals surface area contributed by atoms with Crippen molar-refractivity contribution in [2.24, 2.45) is 5.90 Å². The molecule has 0 heterocycles. The van der Waals surface area contributed by atoms with Crippen molar-refractivity contribution in [3.8, 4) is 0 Å². The molecule has 0 radical (unpaired) electrons. The fraction of sp³-hybridized carbons (Fsp3) is 0.400. The number of nitrogens with two attached hydrogens (primary N) is 1. The zero-order valence-electron chi connectivity index (χ0n) is 8.73. The summed E-state index contributed by atoms with van der Waals surface area (Å²) >= 11 is 0. The Morgan fingerprint density at radius 2 is 1.69 bits per heavy atom. The molecule has 16 heavy (non-hydrogen) atoms. The first kappa shape index (κ1) is 12.9. The molecular weight excluding hydrogens is 226 g/mol. The highest BCUT2D eigenvalue weighted by Gasteiger charge is 2.38. The Labute approximate surface area is 90.0 Å². The van der Waals surface area contributed by atoms with Gasteiger partial charge in [-0.05, 0) is 31.5 Å². The second-order valence-corrected chi connectivity index (χ2v) is 3.82. The molecule has 90 valence electrons. The van der Waals surface area contributed by atoms with Crippen LogP contribution >= 0.6 is 0 Å². The molecule has 0 unspecified atom stereocenters. The smallest absolute Gasteiger partial charge is 0.294 e. The van der Waals surface area contributed by atoms with Crippen LogP contribution in [-0.4, -0.2) is 0 Å². The monoisotopic (exact) mass is 237 g/mol.